The Balaban J connectivity index is 1.50. The lowest BCUT2D eigenvalue weighted by Gasteiger charge is -2.27. The molecule has 4 rings (SSSR count). The van der Waals surface area contributed by atoms with Crippen molar-refractivity contribution >= 4 is 28.2 Å². The summed E-state index contributed by atoms with van der Waals surface area (Å²) in [5.74, 6) is 12.0. The van der Waals surface area contributed by atoms with E-state index in [-0.39, 0.29) is 5.91 Å². The maximum atomic E-state index is 12.6. The molecule has 1 amide bonds. The van der Waals surface area contributed by atoms with E-state index in [1.807, 2.05) is 18.2 Å². The van der Waals surface area contributed by atoms with Crippen LogP contribution in [-0.2, 0) is 4.74 Å². The molecule has 0 saturated carbocycles. The molecule has 1 saturated heterocycles. The highest BCUT2D eigenvalue weighted by molar-refractivity contribution is 5.95. The van der Waals surface area contributed by atoms with Crippen LogP contribution in [0.15, 0.2) is 48.7 Å². The number of fused-ring (bicyclic) bond motifs is 1. The summed E-state index contributed by atoms with van der Waals surface area (Å²) in [5.41, 5.74) is 15.6. The molecular formula is C23H25N7O2. The van der Waals surface area contributed by atoms with Crippen LogP contribution in [0.25, 0.3) is 16.6 Å². The van der Waals surface area contributed by atoms with Crippen LogP contribution in [0.2, 0.25) is 0 Å². The topological polar surface area (TPSA) is 140 Å². The first-order valence-corrected chi connectivity index (χ1v) is 10.2. The highest BCUT2D eigenvalue weighted by Crippen LogP contribution is 2.22. The molecule has 9 nitrogen and oxygen atoms in total. The van der Waals surface area contributed by atoms with E-state index in [9.17, 15) is 4.79 Å². The van der Waals surface area contributed by atoms with Gasteiger partial charge in [0.2, 0.25) is 0 Å². The third-order valence-corrected chi connectivity index (χ3v) is 5.16. The van der Waals surface area contributed by atoms with Crippen LogP contribution in [-0.4, -0.2) is 53.9 Å². The molecule has 2 heterocycles. The zero-order valence-electron chi connectivity index (χ0n) is 17.5. The number of rotatable bonds is 4. The fraction of sp³-hybridized carbons (Fsp3) is 0.217. The van der Waals surface area contributed by atoms with Gasteiger partial charge in [0.1, 0.15) is 5.69 Å². The summed E-state index contributed by atoms with van der Waals surface area (Å²) in [6.07, 6.45) is 1.59. The average Bonchev–Trinajstić information content (AvgIpc) is 3.26. The van der Waals surface area contributed by atoms with Crippen molar-refractivity contribution in [1.82, 2.24) is 15.1 Å². The number of amides is 1. The van der Waals surface area contributed by atoms with Crippen molar-refractivity contribution in [3.63, 3.8) is 0 Å². The average molecular weight is 432 g/mol. The van der Waals surface area contributed by atoms with Crippen LogP contribution in [0.5, 0.6) is 0 Å². The normalized spacial score (nSPS) is 14.2. The smallest absolute Gasteiger partial charge is 0.254 e. The van der Waals surface area contributed by atoms with Gasteiger partial charge in [0.15, 0.2) is 0 Å². The van der Waals surface area contributed by atoms with Crippen molar-refractivity contribution in [3.05, 3.63) is 65.5 Å². The van der Waals surface area contributed by atoms with Gasteiger partial charge in [0, 0.05) is 35.8 Å². The maximum Gasteiger partial charge on any atom is 0.254 e. The fourth-order valence-corrected chi connectivity index (χ4v) is 3.48. The summed E-state index contributed by atoms with van der Waals surface area (Å²) >= 11 is 0. The number of aromatic amines is 1. The lowest BCUT2D eigenvalue weighted by molar-refractivity contribution is 0.0303. The first-order valence-electron chi connectivity index (χ1n) is 10.2. The van der Waals surface area contributed by atoms with Crippen molar-refractivity contribution in [3.8, 4) is 11.8 Å². The number of carbonyl (C=O) groups excluding carboxylic acids is 1. The molecule has 1 fully saturated rings. The van der Waals surface area contributed by atoms with E-state index in [0.717, 1.165) is 16.5 Å². The van der Waals surface area contributed by atoms with Gasteiger partial charge in [-0.2, -0.15) is 5.10 Å². The van der Waals surface area contributed by atoms with Gasteiger partial charge in [-0.3, -0.25) is 14.9 Å². The van der Waals surface area contributed by atoms with E-state index in [1.54, 1.807) is 35.4 Å². The summed E-state index contributed by atoms with van der Waals surface area (Å²) in [7, 11) is 0. The number of nitrogens with zero attached hydrogens (tertiary/aromatic N) is 3. The van der Waals surface area contributed by atoms with E-state index in [4.69, 9.17) is 22.0 Å². The number of aromatic nitrogens is 2. The number of benzene rings is 2. The number of carbonyl (C=O) groups is 1. The van der Waals surface area contributed by atoms with Crippen molar-refractivity contribution in [1.29, 1.82) is 0 Å². The first-order chi connectivity index (χ1) is 15.6. The zero-order chi connectivity index (χ0) is 22.5. The van der Waals surface area contributed by atoms with E-state index in [1.165, 1.54) is 5.01 Å². The Morgan fingerprint density at radius 3 is 2.69 bits per heavy atom. The molecule has 9 heteroatoms. The largest absolute Gasteiger partial charge is 0.396 e. The maximum absolute atomic E-state index is 12.6. The Kier molecular flexibility index (Phi) is 6.37. The first kappa shape index (κ1) is 21.4. The Hall–Kier alpha value is -3.84. The van der Waals surface area contributed by atoms with E-state index in [2.05, 4.69) is 22.0 Å². The number of ether oxygens (including phenoxy) is 1. The van der Waals surface area contributed by atoms with Crippen LogP contribution in [0.4, 0.5) is 5.69 Å². The van der Waals surface area contributed by atoms with Gasteiger partial charge in [-0.05, 0) is 42.5 Å². The van der Waals surface area contributed by atoms with Gasteiger partial charge in [-0.15, -0.1) is 0 Å². The van der Waals surface area contributed by atoms with Crippen molar-refractivity contribution in [2.45, 2.75) is 0 Å². The molecule has 32 heavy (non-hydrogen) atoms. The van der Waals surface area contributed by atoms with Crippen LogP contribution in [0, 0.1) is 11.8 Å². The number of hydrogen-bond acceptors (Lipinski definition) is 7. The molecule has 7 N–H and O–H groups in total. The molecule has 1 aliphatic rings. The molecule has 0 aliphatic carbocycles. The summed E-state index contributed by atoms with van der Waals surface area (Å²) in [5, 5.41) is 9.55. The Labute approximate surface area is 185 Å². The molecule has 0 unspecified atom stereocenters. The molecule has 0 bridgehead atoms. The molecule has 1 aromatic heterocycles. The van der Waals surface area contributed by atoms with Gasteiger partial charge >= 0.3 is 0 Å². The minimum atomic E-state index is -0.0167. The van der Waals surface area contributed by atoms with Crippen molar-refractivity contribution in [2.75, 3.05) is 37.9 Å². The second kappa shape index (κ2) is 9.53. The van der Waals surface area contributed by atoms with Gasteiger partial charge in [-0.1, -0.05) is 11.8 Å². The predicted molar refractivity (Wildman–Crippen MR) is 124 cm³/mol. The summed E-state index contributed by atoms with van der Waals surface area (Å²) < 4.78 is 5.30. The second-order valence-corrected chi connectivity index (χ2v) is 7.28. The van der Waals surface area contributed by atoms with Crippen LogP contribution in [0.3, 0.4) is 0 Å². The standard InChI is InChI=1S/C23H25N7O2/c24-9-1-2-16-3-8-19-21(14-16)27-28-22(19)20(25)15-30(26)18-6-4-17(5-7-18)23(31)29-10-12-32-13-11-29/h3-8,14-15H,9-13,24-26H2,(H,27,28)/b20-15-. The molecule has 164 valence electrons. The van der Waals surface area contributed by atoms with Gasteiger partial charge in [0.25, 0.3) is 5.91 Å². The molecule has 0 radical (unpaired) electrons. The number of morpholine rings is 1. The lowest BCUT2D eigenvalue weighted by atomic mass is 10.1. The minimum absolute atomic E-state index is 0.0167. The third kappa shape index (κ3) is 4.58. The molecule has 0 spiro atoms. The molecular weight excluding hydrogens is 406 g/mol. The van der Waals surface area contributed by atoms with Crippen LogP contribution >= 0.6 is 0 Å². The monoisotopic (exact) mass is 431 g/mol. The van der Waals surface area contributed by atoms with Crippen LogP contribution < -0.4 is 22.3 Å². The molecule has 1 aliphatic heterocycles. The predicted octanol–water partition coefficient (Wildman–Crippen LogP) is 0.983. The molecule has 2 aromatic carbocycles. The van der Waals surface area contributed by atoms with Gasteiger partial charge in [-0.25, -0.2) is 5.84 Å². The minimum Gasteiger partial charge on any atom is -0.396 e. The number of nitrogens with one attached hydrogen (secondary N) is 1. The second-order valence-electron chi connectivity index (χ2n) is 7.28. The number of anilines is 1. The number of hydrazine groups is 1. The number of H-pyrrole nitrogens is 1. The highest BCUT2D eigenvalue weighted by atomic mass is 16.5. The summed E-state index contributed by atoms with van der Waals surface area (Å²) in [6, 6.07) is 12.8. The zero-order valence-corrected chi connectivity index (χ0v) is 17.5. The Bertz CT molecular complexity index is 1200. The Morgan fingerprint density at radius 2 is 1.97 bits per heavy atom. The van der Waals surface area contributed by atoms with Gasteiger partial charge < -0.3 is 21.1 Å². The number of hydrogen-bond donors (Lipinski definition) is 4. The quantitative estimate of drug-likeness (QED) is 0.274. The Morgan fingerprint density at radius 1 is 1.22 bits per heavy atom. The SMILES string of the molecule is NCC#Cc1ccc2c(/C(N)=C/N(N)c3ccc(C(=O)N4CCOCC4)cc3)n[nH]c2c1. The summed E-state index contributed by atoms with van der Waals surface area (Å²) in [6.45, 7) is 2.63. The van der Waals surface area contributed by atoms with E-state index >= 15 is 0 Å². The highest BCUT2D eigenvalue weighted by Gasteiger charge is 2.18. The fourth-order valence-electron chi connectivity index (χ4n) is 3.48. The van der Waals surface area contributed by atoms with E-state index in [0.29, 0.717) is 55.5 Å². The van der Waals surface area contributed by atoms with Crippen LogP contribution in [0.1, 0.15) is 21.6 Å². The van der Waals surface area contributed by atoms with Crippen molar-refractivity contribution in [2.24, 2.45) is 17.3 Å². The van der Waals surface area contributed by atoms with E-state index < -0.39 is 0 Å². The van der Waals surface area contributed by atoms with Crippen molar-refractivity contribution < 1.29 is 9.53 Å². The number of nitrogens with two attached hydrogens (primary N) is 3. The van der Waals surface area contributed by atoms with Gasteiger partial charge in [0.05, 0.1) is 36.7 Å². The molecule has 0 atom stereocenters. The lowest BCUT2D eigenvalue weighted by Crippen LogP contribution is -2.40. The molecule has 3 aromatic rings. The summed E-state index contributed by atoms with van der Waals surface area (Å²) in [4.78, 5) is 14.4. The third-order valence-electron chi connectivity index (χ3n) is 5.16.